The predicted octanol–water partition coefficient (Wildman–Crippen LogP) is 11.0. The van der Waals surface area contributed by atoms with E-state index < -0.39 is 0 Å². The average molecular weight is 695 g/mol. The lowest BCUT2D eigenvalue weighted by molar-refractivity contribution is 0.0926. The summed E-state index contributed by atoms with van der Waals surface area (Å²) < 4.78 is 2.12. The molecule has 2 aromatic heterocycles. The third-order valence-electron chi connectivity index (χ3n) is 10.3. The maximum absolute atomic E-state index is 15.3. The molecule has 3 heterocycles. The topological polar surface area (TPSA) is 68.1 Å². The fourth-order valence-corrected chi connectivity index (χ4v) is 7.95. The summed E-state index contributed by atoms with van der Waals surface area (Å²) in [6.07, 6.45) is 5.11. The molecule has 0 spiro atoms. The van der Waals surface area contributed by atoms with Crippen LogP contribution in [0.5, 0.6) is 0 Å². The monoisotopic (exact) mass is 694 g/mol. The number of amides is 2. The molecule has 0 saturated heterocycles. The first-order chi connectivity index (χ1) is 26.7. The van der Waals surface area contributed by atoms with Crippen LogP contribution < -0.4 is 4.90 Å². The molecule has 2 amide bonds. The molecule has 0 radical (unpaired) electrons. The third-order valence-corrected chi connectivity index (χ3v) is 10.3. The molecule has 0 N–H and O–H groups in total. The number of hydrogen-bond acceptors (Lipinski definition) is 4. The van der Waals surface area contributed by atoms with Crippen LogP contribution >= 0.6 is 0 Å². The maximum Gasteiger partial charge on any atom is 0.268 e. The fourth-order valence-electron chi connectivity index (χ4n) is 7.95. The summed E-state index contributed by atoms with van der Waals surface area (Å²) in [6.45, 7) is 0. The summed E-state index contributed by atoms with van der Waals surface area (Å²) >= 11 is 0. The van der Waals surface area contributed by atoms with Gasteiger partial charge >= 0.3 is 0 Å². The van der Waals surface area contributed by atoms with Gasteiger partial charge in [0, 0.05) is 45.4 Å². The highest BCUT2D eigenvalue weighted by molar-refractivity contribution is 6.37. The van der Waals surface area contributed by atoms with E-state index in [1.165, 1.54) is 11.2 Å². The summed E-state index contributed by atoms with van der Waals surface area (Å²) in [5.41, 5.74) is 10.9. The smallest absolute Gasteiger partial charge is 0.268 e. The Morgan fingerprint density at radius 1 is 0.426 bits per heavy atom. The van der Waals surface area contributed by atoms with E-state index in [-0.39, 0.29) is 11.8 Å². The van der Waals surface area contributed by atoms with Crippen LogP contribution in [0.2, 0.25) is 0 Å². The molecule has 7 aromatic carbocycles. The number of hydrogen-bond donors (Lipinski definition) is 0. The van der Waals surface area contributed by atoms with Crippen LogP contribution in [-0.2, 0) is 0 Å². The van der Waals surface area contributed by atoms with Crippen LogP contribution in [0.4, 0.5) is 5.69 Å². The van der Waals surface area contributed by atoms with Crippen LogP contribution in [0.25, 0.3) is 72.0 Å². The van der Waals surface area contributed by atoms with E-state index in [2.05, 4.69) is 57.0 Å². The highest BCUT2D eigenvalue weighted by Gasteiger charge is 2.42. The number of aromatic nitrogens is 3. The molecule has 0 bridgehead atoms. The lowest BCUT2D eigenvalue weighted by Crippen LogP contribution is -2.30. The Hall–Kier alpha value is -7.44. The Labute approximate surface area is 311 Å². The minimum absolute atomic E-state index is 0.356. The van der Waals surface area contributed by atoms with Gasteiger partial charge in [0.2, 0.25) is 0 Å². The Kier molecular flexibility index (Phi) is 7.34. The number of carbonyl (C=O) groups excluding carboxylic acids is 2. The summed E-state index contributed by atoms with van der Waals surface area (Å²) in [4.78, 5) is 40.3. The van der Waals surface area contributed by atoms with Gasteiger partial charge in [-0.15, -0.1) is 0 Å². The number of nitrogens with zero attached hydrogens (tertiary/aromatic N) is 4. The fraction of sp³-hybridized carbons (Fsp3) is 0. The maximum atomic E-state index is 15.3. The second kappa shape index (κ2) is 12.7. The number of imide groups is 1. The Bertz CT molecular complexity index is 2840. The Morgan fingerprint density at radius 2 is 0.981 bits per heavy atom. The normalized spacial score (nSPS) is 12.5. The van der Waals surface area contributed by atoms with Crippen molar-refractivity contribution in [3.63, 3.8) is 0 Å². The molecule has 9 aromatic rings. The van der Waals surface area contributed by atoms with Gasteiger partial charge in [-0.1, -0.05) is 133 Å². The van der Waals surface area contributed by atoms with Crippen molar-refractivity contribution < 1.29 is 9.59 Å². The first-order valence-corrected chi connectivity index (χ1v) is 17.8. The molecule has 54 heavy (non-hydrogen) atoms. The van der Waals surface area contributed by atoms with E-state index in [9.17, 15) is 4.79 Å². The molecule has 0 fully saturated rings. The van der Waals surface area contributed by atoms with E-state index in [0.29, 0.717) is 22.5 Å². The molecule has 0 aliphatic carbocycles. The van der Waals surface area contributed by atoms with Crippen molar-refractivity contribution in [2.24, 2.45) is 0 Å². The van der Waals surface area contributed by atoms with Crippen molar-refractivity contribution in [2.75, 3.05) is 4.90 Å². The minimum atomic E-state index is -0.376. The van der Waals surface area contributed by atoms with Gasteiger partial charge in [-0.3, -0.25) is 9.59 Å². The largest absolute Gasteiger partial charge is 0.308 e. The highest BCUT2D eigenvalue weighted by Crippen LogP contribution is 2.47. The number of anilines is 1. The van der Waals surface area contributed by atoms with Crippen LogP contribution in [0.1, 0.15) is 20.7 Å². The third kappa shape index (κ3) is 4.89. The van der Waals surface area contributed by atoms with Crippen molar-refractivity contribution in [3.05, 3.63) is 194 Å². The second-order valence-electron chi connectivity index (χ2n) is 13.3. The zero-order valence-corrected chi connectivity index (χ0v) is 28.9. The van der Waals surface area contributed by atoms with Crippen LogP contribution in [0.15, 0.2) is 183 Å². The van der Waals surface area contributed by atoms with Crippen molar-refractivity contribution in [1.29, 1.82) is 0 Å². The molecule has 0 saturated carbocycles. The first kappa shape index (κ1) is 31.3. The van der Waals surface area contributed by atoms with Crippen LogP contribution in [-0.4, -0.2) is 26.3 Å². The number of carbonyl (C=O) groups is 2. The van der Waals surface area contributed by atoms with Gasteiger partial charge in [-0.2, -0.15) is 0 Å². The minimum Gasteiger partial charge on any atom is -0.308 e. The number of benzene rings is 7. The number of fused-ring (bicyclic) bond motifs is 4. The molecule has 1 aliphatic rings. The van der Waals surface area contributed by atoms with Crippen molar-refractivity contribution in [2.45, 2.75) is 0 Å². The van der Waals surface area contributed by atoms with Gasteiger partial charge in [-0.05, 0) is 52.6 Å². The average Bonchev–Trinajstić information content (AvgIpc) is 3.72. The predicted molar refractivity (Wildman–Crippen MR) is 216 cm³/mol. The standard InChI is InChI=1S/C48H30N4O2/c53-47-39-23-13-25-43(51-42-24-11-10-20-37(42)38-22-12-21-36(45(38)51)35-28-49-30-50-29-35)44(39)48(54)52(47)46-40(32-16-6-2-7-17-32)26-34(31-14-4-1-5-15-31)27-41(46)33-18-8-3-9-19-33/h1-30H. The lowest BCUT2D eigenvalue weighted by Gasteiger charge is -2.24. The summed E-state index contributed by atoms with van der Waals surface area (Å²) in [5.74, 6) is -0.741. The van der Waals surface area contributed by atoms with E-state index in [1.54, 1.807) is 18.5 Å². The quantitative estimate of drug-likeness (QED) is 0.163. The first-order valence-electron chi connectivity index (χ1n) is 17.8. The summed E-state index contributed by atoms with van der Waals surface area (Å²) in [5, 5.41) is 2.05. The van der Waals surface area contributed by atoms with Gasteiger partial charge < -0.3 is 4.57 Å². The molecule has 254 valence electrons. The molecule has 1 aliphatic heterocycles. The van der Waals surface area contributed by atoms with E-state index in [0.717, 1.165) is 66.3 Å². The van der Waals surface area contributed by atoms with Crippen molar-refractivity contribution in [3.8, 4) is 50.2 Å². The SMILES string of the molecule is O=C1c2cccc(-n3c4ccccc4c4cccc(-c5cncnc5)c43)c2C(=O)N1c1c(-c2ccccc2)cc(-c2ccccc2)cc1-c1ccccc1. The summed E-state index contributed by atoms with van der Waals surface area (Å²) in [6, 6.07) is 54.3. The summed E-state index contributed by atoms with van der Waals surface area (Å²) in [7, 11) is 0. The van der Waals surface area contributed by atoms with E-state index in [4.69, 9.17) is 0 Å². The van der Waals surface area contributed by atoms with Crippen LogP contribution in [0.3, 0.4) is 0 Å². The molecule has 0 atom stereocenters. The molecule has 0 unspecified atom stereocenters. The van der Waals surface area contributed by atoms with Gasteiger partial charge in [0.25, 0.3) is 11.8 Å². The number of rotatable bonds is 6. The molecule has 10 rings (SSSR count). The van der Waals surface area contributed by atoms with Gasteiger partial charge in [0.15, 0.2) is 0 Å². The van der Waals surface area contributed by atoms with Gasteiger partial charge in [0.05, 0.1) is 33.5 Å². The van der Waals surface area contributed by atoms with E-state index in [1.807, 2.05) is 115 Å². The zero-order valence-electron chi connectivity index (χ0n) is 28.9. The molecule has 6 nitrogen and oxygen atoms in total. The second-order valence-corrected chi connectivity index (χ2v) is 13.3. The number of para-hydroxylation sites is 2. The lowest BCUT2D eigenvalue weighted by atomic mass is 9.90. The van der Waals surface area contributed by atoms with Crippen molar-refractivity contribution >= 4 is 39.3 Å². The Balaban J connectivity index is 1.25. The van der Waals surface area contributed by atoms with Gasteiger partial charge in [0.1, 0.15) is 6.33 Å². The molecule has 6 heteroatoms. The van der Waals surface area contributed by atoms with E-state index >= 15 is 4.79 Å². The van der Waals surface area contributed by atoms with Crippen molar-refractivity contribution in [1.82, 2.24) is 14.5 Å². The highest BCUT2D eigenvalue weighted by atomic mass is 16.2. The molecular weight excluding hydrogens is 665 g/mol. The van der Waals surface area contributed by atoms with Crippen LogP contribution in [0, 0.1) is 0 Å². The zero-order chi connectivity index (χ0) is 36.2. The molecular formula is C48H30N4O2. The Morgan fingerprint density at radius 3 is 1.65 bits per heavy atom. The van der Waals surface area contributed by atoms with Gasteiger partial charge in [-0.25, -0.2) is 14.9 Å².